The first-order chi connectivity index (χ1) is 13.1. The van der Waals surface area contributed by atoms with Gasteiger partial charge in [0, 0.05) is 6.04 Å². The third-order valence-corrected chi connectivity index (χ3v) is 5.73. The SMILES string of the molecule is COc1ccc(-n2cnc3c(NC(C4CC4)C4CC4)nc(C)nc32)c(C)c1. The van der Waals surface area contributed by atoms with Gasteiger partial charge in [-0.3, -0.25) is 4.57 Å². The number of nitrogens with one attached hydrogen (secondary N) is 1. The number of fused-ring (bicyclic) bond motifs is 1. The van der Waals surface area contributed by atoms with Crippen LogP contribution in [0.1, 0.15) is 37.1 Å². The third kappa shape index (κ3) is 3.03. The van der Waals surface area contributed by atoms with E-state index < -0.39 is 0 Å². The summed E-state index contributed by atoms with van der Waals surface area (Å²) in [6.07, 6.45) is 7.19. The molecular weight excluding hydrogens is 338 g/mol. The minimum atomic E-state index is 0.537. The first-order valence-electron chi connectivity index (χ1n) is 9.77. The van der Waals surface area contributed by atoms with Crippen molar-refractivity contribution in [3.63, 3.8) is 0 Å². The lowest BCUT2D eigenvalue weighted by atomic mass is 10.1. The standard InChI is InChI=1S/C21H25N5O/c1-12-10-16(27-3)8-9-17(12)26-11-22-19-20(23-13(2)24-21(19)26)25-18(14-4-5-14)15-6-7-15/h8-11,14-15,18H,4-7H2,1-3H3,(H,23,24,25). The van der Waals surface area contributed by atoms with Gasteiger partial charge < -0.3 is 10.1 Å². The van der Waals surface area contributed by atoms with Gasteiger partial charge in [0.15, 0.2) is 17.0 Å². The Morgan fingerprint density at radius 3 is 2.48 bits per heavy atom. The van der Waals surface area contributed by atoms with Gasteiger partial charge in [0.25, 0.3) is 0 Å². The smallest absolute Gasteiger partial charge is 0.170 e. The van der Waals surface area contributed by atoms with Crippen molar-refractivity contribution in [2.75, 3.05) is 12.4 Å². The van der Waals surface area contributed by atoms with E-state index in [0.717, 1.165) is 51.6 Å². The van der Waals surface area contributed by atoms with Gasteiger partial charge in [-0.2, -0.15) is 0 Å². The predicted molar refractivity (Wildman–Crippen MR) is 106 cm³/mol. The molecule has 2 aliphatic carbocycles. The van der Waals surface area contributed by atoms with Gasteiger partial charge >= 0.3 is 0 Å². The minimum absolute atomic E-state index is 0.537. The fourth-order valence-corrected chi connectivity index (χ4v) is 4.00. The number of ether oxygens (including phenoxy) is 1. The van der Waals surface area contributed by atoms with Gasteiger partial charge in [-0.15, -0.1) is 0 Å². The number of methoxy groups -OCH3 is 1. The molecule has 2 heterocycles. The van der Waals surface area contributed by atoms with Crippen LogP contribution in [0.15, 0.2) is 24.5 Å². The lowest BCUT2D eigenvalue weighted by molar-refractivity contribution is 0.414. The van der Waals surface area contributed by atoms with E-state index in [1.165, 1.54) is 25.7 Å². The summed E-state index contributed by atoms with van der Waals surface area (Å²) in [4.78, 5) is 14.1. The number of aryl methyl sites for hydroxylation is 2. The summed E-state index contributed by atoms with van der Waals surface area (Å²) in [5.74, 6) is 4.10. The molecule has 0 unspecified atom stereocenters. The summed E-state index contributed by atoms with van der Waals surface area (Å²) in [6.45, 7) is 4.03. The van der Waals surface area contributed by atoms with Crippen LogP contribution in [0.4, 0.5) is 5.82 Å². The van der Waals surface area contributed by atoms with Crippen LogP contribution in [0.3, 0.4) is 0 Å². The molecule has 3 aromatic rings. The first-order valence-corrected chi connectivity index (χ1v) is 9.77. The Hall–Kier alpha value is -2.63. The molecule has 27 heavy (non-hydrogen) atoms. The van der Waals surface area contributed by atoms with Gasteiger partial charge in [-0.25, -0.2) is 15.0 Å². The van der Waals surface area contributed by atoms with E-state index in [9.17, 15) is 0 Å². The molecule has 0 amide bonds. The maximum atomic E-state index is 5.33. The largest absolute Gasteiger partial charge is 0.497 e. The van der Waals surface area contributed by atoms with E-state index >= 15 is 0 Å². The summed E-state index contributed by atoms with van der Waals surface area (Å²) in [7, 11) is 1.69. The van der Waals surface area contributed by atoms with E-state index in [4.69, 9.17) is 14.7 Å². The lowest BCUT2D eigenvalue weighted by Crippen LogP contribution is -2.25. The maximum Gasteiger partial charge on any atom is 0.170 e. The topological polar surface area (TPSA) is 64.9 Å². The Bertz CT molecular complexity index is 991. The van der Waals surface area contributed by atoms with Crippen molar-refractivity contribution in [1.82, 2.24) is 19.5 Å². The zero-order valence-electron chi connectivity index (χ0n) is 16.1. The molecule has 5 rings (SSSR count). The normalized spacial score (nSPS) is 16.9. The molecule has 2 aliphatic rings. The quantitative estimate of drug-likeness (QED) is 0.716. The number of hydrogen-bond donors (Lipinski definition) is 1. The Morgan fingerprint density at radius 2 is 1.85 bits per heavy atom. The van der Waals surface area contributed by atoms with Crippen molar-refractivity contribution in [2.45, 2.75) is 45.6 Å². The Balaban J connectivity index is 1.57. The van der Waals surface area contributed by atoms with E-state index in [0.29, 0.717) is 6.04 Å². The monoisotopic (exact) mass is 363 g/mol. The van der Waals surface area contributed by atoms with Crippen molar-refractivity contribution in [1.29, 1.82) is 0 Å². The number of rotatable bonds is 6. The van der Waals surface area contributed by atoms with E-state index in [1.54, 1.807) is 7.11 Å². The van der Waals surface area contributed by atoms with Crippen molar-refractivity contribution in [2.24, 2.45) is 11.8 Å². The number of benzene rings is 1. The number of anilines is 1. The van der Waals surface area contributed by atoms with Crippen LogP contribution in [-0.2, 0) is 0 Å². The van der Waals surface area contributed by atoms with Crippen molar-refractivity contribution in [3.8, 4) is 11.4 Å². The summed E-state index contributed by atoms with van der Waals surface area (Å²) in [5.41, 5.74) is 3.88. The van der Waals surface area contributed by atoms with Crippen LogP contribution in [-0.4, -0.2) is 32.7 Å². The van der Waals surface area contributed by atoms with Gasteiger partial charge in [0.05, 0.1) is 12.8 Å². The summed E-state index contributed by atoms with van der Waals surface area (Å²) in [6, 6.07) is 6.59. The minimum Gasteiger partial charge on any atom is -0.497 e. The van der Waals surface area contributed by atoms with Gasteiger partial charge in [0.2, 0.25) is 0 Å². The van der Waals surface area contributed by atoms with Crippen molar-refractivity contribution in [3.05, 3.63) is 35.9 Å². The number of hydrogen-bond acceptors (Lipinski definition) is 5. The molecule has 6 heteroatoms. The number of nitrogens with zero attached hydrogens (tertiary/aromatic N) is 4. The highest BCUT2D eigenvalue weighted by Crippen LogP contribution is 2.46. The molecule has 6 nitrogen and oxygen atoms in total. The van der Waals surface area contributed by atoms with Crippen molar-refractivity contribution >= 4 is 17.0 Å². The van der Waals surface area contributed by atoms with Crippen LogP contribution in [0, 0.1) is 25.7 Å². The second-order valence-corrected chi connectivity index (χ2v) is 7.90. The second kappa shape index (κ2) is 6.22. The first kappa shape index (κ1) is 16.5. The highest BCUT2D eigenvalue weighted by molar-refractivity contribution is 5.84. The second-order valence-electron chi connectivity index (χ2n) is 7.90. The zero-order chi connectivity index (χ0) is 18.5. The Morgan fingerprint density at radius 1 is 1.11 bits per heavy atom. The number of aromatic nitrogens is 4. The maximum absolute atomic E-state index is 5.33. The van der Waals surface area contributed by atoms with E-state index in [1.807, 2.05) is 30.0 Å². The average Bonchev–Trinajstić information content (AvgIpc) is 3.57. The molecule has 1 aromatic carbocycles. The van der Waals surface area contributed by atoms with Crippen LogP contribution >= 0.6 is 0 Å². The summed E-state index contributed by atoms with van der Waals surface area (Å²) >= 11 is 0. The predicted octanol–water partition coefficient (Wildman–Crippen LogP) is 4.04. The molecule has 2 saturated carbocycles. The fourth-order valence-electron chi connectivity index (χ4n) is 4.00. The highest BCUT2D eigenvalue weighted by atomic mass is 16.5. The number of imidazole rings is 1. The summed E-state index contributed by atoms with van der Waals surface area (Å²) < 4.78 is 7.38. The molecule has 140 valence electrons. The van der Waals surface area contributed by atoms with Crippen LogP contribution < -0.4 is 10.1 Å². The lowest BCUT2D eigenvalue weighted by Gasteiger charge is -2.18. The van der Waals surface area contributed by atoms with E-state index in [-0.39, 0.29) is 0 Å². The van der Waals surface area contributed by atoms with Gasteiger partial charge in [-0.05, 0) is 75.1 Å². The zero-order valence-corrected chi connectivity index (χ0v) is 16.1. The van der Waals surface area contributed by atoms with Crippen LogP contribution in [0.5, 0.6) is 5.75 Å². The molecule has 0 aliphatic heterocycles. The molecule has 2 aromatic heterocycles. The molecule has 0 saturated heterocycles. The molecule has 0 atom stereocenters. The molecule has 2 fully saturated rings. The molecule has 0 spiro atoms. The van der Waals surface area contributed by atoms with Crippen LogP contribution in [0.2, 0.25) is 0 Å². The third-order valence-electron chi connectivity index (χ3n) is 5.73. The highest BCUT2D eigenvalue weighted by Gasteiger charge is 2.42. The molecular formula is C21H25N5O. The molecule has 0 bridgehead atoms. The van der Waals surface area contributed by atoms with Crippen LogP contribution in [0.25, 0.3) is 16.9 Å². The molecule has 0 radical (unpaired) electrons. The van der Waals surface area contributed by atoms with Gasteiger partial charge in [0.1, 0.15) is 17.9 Å². The Labute approximate surface area is 159 Å². The summed E-state index contributed by atoms with van der Waals surface area (Å²) in [5, 5.41) is 3.74. The van der Waals surface area contributed by atoms with Crippen molar-refractivity contribution < 1.29 is 4.74 Å². The van der Waals surface area contributed by atoms with Gasteiger partial charge in [-0.1, -0.05) is 0 Å². The average molecular weight is 363 g/mol. The fraction of sp³-hybridized carbons (Fsp3) is 0.476. The van der Waals surface area contributed by atoms with E-state index in [2.05, 4.69) is 23.3 Å². The Kier molecular flexibility index (Phi) is 3.81. The molecule has 1 N–H and O–H groups in total.